The standard InChI is InChI=1S/C22H27N5O4S2/c1-13(2)27-20(29)18-19(24-21(33-18)26-7-5-6-8-26)25-22(27)32-12-17(28)23-14-9-15(30-3)11-16(10-14)31-4/h9-11,13H,5-8,12H2,1-4H3,(H,23,28). The first-order chi connectivity index (χ1) is 15.9. The van der Waals surface area contributed by atoms with Gasteiger partial charge in [-0.1, -0.05) is 23.1 Å². The highest BCUT2D eigenvalue weighted by Crippen LogP contribution is 2.30. The van der Waals surface area contributed by atoms with Crippen molar-refractivity contribution >= 4 is 50.2 Å². The van der Waals surface area contributed by atoms with Crippen LogP contribution in [0.25, 0.3) is 10.3 Å². The molecule has 0 atom stereocenters. The molecule has 0 unspecified atom stereocenters. The van der Waals surface area contributed by atoms with Crippen molar-refractivity contribution in [1.29, 1.82) is 0 Å². The Morgan fingerprint density at radius 2 is 1.82 bits per heavy atom. The van der Waals surface area contributed by atoms with Crippen LogP contribution in [-0.2, 0) is 4.79 Å². The molecule has 176 valence electrons. The Kier molecular flexibility index (Phi) is 7.08. The number of ether oxygens (including phenoxy) is 2. The molecule has 1 aromatic carbocycles. The molecule has 0 aliphatic carbocycles. The molecule has 33 heavy (non-hydrogen) atoms. The number of methoxy groups -OCH3 is 2. The number of nitrogens with zero attached hydrogens (tertiary/aromatic N) is 4. The zero-order valence-electron chi connectivity index (χ0n) is 19.1. The number of hydrogen-bond donors (Lipinski definition) is 1. The van der Waals surface area contributed by atoms with Gasteiger partial charge in [0.05, 0.1) is 20.0 Å². The highest BCUT2D eigenvalue weighted by molar-refractivity contribution is 7.99. The van der Waals surface area contributed by atoms with Crippen molar-refractivity contribution in [3.8, 4) is 11.5 Å². The van der Waals surface area contributed by atoms with E-state index in [9.17, 15) is 9.59 Å². The lowest BCUT2D eigenvalue weighted by Crippen LogP contribution is -2.25. The molecule has 0 bridgehead atoms. The molecule has 0 saturated carbocycles. The van der Waals surface area contributed by atoms with Crippen LogP contribution in [0.2, 0.25) is 0 Å². The van der Waals surface area contributed by atoms with Crippen LogP contribution >= 0.6 is 23.1 Å². The van der Waals surface area contributed by atoms with Gasteiger partial charge in [0.2, 0.25) is 5.91 Å². The first-order valence-electron chi connectivity index (χ1n) is 10.7. The zero-order valence-corrected chi connectivity index (χ0v) is 20.7. The second-order valence-electron chi connectivity index (χ2n) is 7.94. The molecule has 1 aliphatic heterocycles. The molecular formula is C22H27N5O4S2. The van der Waals surface area contributed by atoms with Gasteiger partial charge in [0.15, 0.2) is 15.9 Å². The number of benzene rings is 1. The molecule has 1 amide bonds. The van der Waals surface area contributed by atoms with Gasteiger partial charge in [-0.15, -0.1) is 0 Å². The van der Waals surface area contributed by atoms with Crippen LogP contribution in [0.15, 0.2) is 28.2 Å². The van der Waals surface area contributed by atoms with E-state index in [1.165, 1.54) is 23.1 Å². The number of thioether (sulfide) groups is 1. The normalized spacial score (nSPS) is 13.7. The van der Waals surface area contributed by atoms with Gasteiger partial charge < -0.3 is 19.7 Å². The number of rotatable bonds is 8. The molecule has 1 N–H and O–H groups in total. The average Bonchev–Trinajstić information content (AvgIpc) is 3.47. The molecule has 3 aromatic rings. The van der Waals surface area contributed by atoms with Crippen LogP contribution in [0.4, 0.5) is 10.8 Å². The fourth-order valence-corrected chi connectivity index (χ4v) is 5.58. The number of fused-ring (bicyclic) bond motifs is 1. The molecule has 11 heteroatoms. The fourth-order valence-electron chi connectivity index (χ4n) is 3.66. The number of hydrogen-bond acceptors (Lipinski definition) is 9. The summed E-state index contributed by atoms with van der Waals surface area (Å²) in [6, 6.07) is 5.07. The lowest BCUT2D eigenvalue weighted by atomic mass is 10.2. The minimum Gasteiger partial charge on any atom is -0.497 e. The van der Waals surface area contributed by atoms with Crippen molar-refractivity contribution in [2.75, 3.05) is 43.3 Å². The molecule has 1 fully saturated rings. The number of carbonyl (C=O) groups excluding carboxylic acids is 1. The van der Waals surface area contributed by atoms with Gasteiger partial charge in [-0.25, -0.2) is 4.98 Å². The van der Waals surface area contributed by atoms with Crippen LogP contribution in [0.3, 0.4) is 0 Å². The van der Waals surface area contributed by atoms with Crippen LogP contribution in [0.1, 0.15) is 32.7 Å². The average molecular weight is 490 g/mol. The Labute approximate surface area is 200 Å². The lowest BCUT2D eigenvalue weighted by Gasteiger charge is -2.14. The Morgan fingerprint density at radius 3 is 2.42 bits per heavy atom. The number of carbonyl (C=O) groups is 1. The summed E-state index contributed by atoms with van der Waals surface area (Å²) >= 11 is 2.62. The van der Waals surface area contributed by atoms with E-state index in [0.717, 1.165) is 31.1 Å². The predicted molar refractivity (Wildman–Crippen MR) is 132 cm³/mol. The van der Waals surface area contributed by atoms with E-state index < -0.39 is 0 Å². The Bertz CT molecular complexity index is 1200. The van der Waals surface area contributed by atoms with Crippen LogP contribution < -0.4 is 25.2 Å². The van der Waals surface area contributed by atoms with Gasteiger partial charge in [-0.2, -0.15) is 4.98 Å². The van der Waals surface area contributed by atoms with E-state index in [-0.39, 0.29) is 23.3 Å². The van der Waals surface area contributed by atoms with Gasteiger partial charge in [-0.05, 0) is 26.7 Å². The molecule has 0 spiro atoms. The minimum atomic E-state index is -0.226. The molecule has 3 heterocycles. The van der Waals surface area contributed by atoms with E-state index >= 15 is 0 Å². The smallest absolute Gasteiger partial charge is 0.274 e. The predicted octanol–water partition coefficient (Wildman–Crippen LogP) is 3.78. The van der Waals surface area contributed by atoms with Crippen LogP contribution in [-0.4, -0.2) is 53.5 Å². The molecule has 4 rings (SSSR count). The first kappa shape index (κ1) is 23.4. The topological polar surface area (TPSA) is 98.6 Å². The van der Waals surface area contributed by atoms with Crippen molar-refractivity contribution in [3.05, 3.63) is 28.6 Å². The van der Waals surface area contributed by atoms with Gasteiger partial charge in [0.1, 0.15) is 16.2 Å². The summed E-state index contributed by atoms with van der Waals surface area (Å²) in [6.07, 6.45) is 2.27. The highest BCUT2D eigenvalue weighted by Gasteiger charge is 2.22. The number of thiazole rings is 1. The quantitative estimate of drug-likeness (QED) is 0.377. The number of amides is 1. The number of anilines is 2. The third kappa shape index (κ3) is 5.09. The molecule has 1 saturated heterocycles. The Morgan fingerprint density at radius 1 is 1.15 bits per heavy atom. The summed E-state index contributed by atoms with van der Waals surface area (Å²) in [5, 5.41) is 4.18. The maximum absolute atomic E-state index is 13.2. The summed E-state index contributed by atoms with van der Waals surface area (Å²) in [5.41, 5.74) is 0.902. The molecular weight excluding hydrogens is 462 g/mol. The van der Waals surface area contributed by atoms with Crippen LogP contribution in [0.5, 0.6) is 11.5 Å². The number of nitrogens with one attached hydrogen (secondary N) is 1. The number of aromatic nitrogens is 3. The summed E-state index contributed by atoms with van der Waals surface area (Å²) < 4.78 is 12.7. The highest BCUT2D eigenvalue weighted by atomic mass is 32.2. The van der Waals surface area contributed by atoms with Gasteiger partial charge in [0.25, 0.3) is 5.56 Å². The lowest BCUT2D eigenvalue weighted by molar-refractivity contribution is -0.113. The first-order valence-corrected chi connectivity index (χ1v) is 12.5. The van der Waals surface area contributed by atoms with Gasteiger partial charge >= 0.3 is 0 Å². The van der Waals surface area contributed by atoms with Gasteiger partial charge in [0, 0.05) is 43.0 Å². The monoisotopic (exact) mass is 489 g/mol. The second-order valence-corrected chi connectivity index (χ2v) is 9.86. The maximum atomic E-state index is 13.2. The van der Waals surface area contributed by atoms with Gasteiger partial charge in [-0.3, -0.25) is 14.2 Å². The second kappa shape index (κ2) is 10.0. The summed E-state index contributed by atoms with van der Waals surface area (Å²) in [6.45, 7) is 5.78. The van der Waals surface area contributed by atoms with Crippen molar-refractivity contribution in [2.45, 2.75) is 37.9 Å². The van der Waals surface area contributed by atoms with E-state index in [1.807, 2.05) is 13.8 Å². The largest absolute Gasteiger partial charge is 0.497 e. The maximum Gasteiger partial charge on any atom is 0.274 e. The third-order valence-electron chi connectivity index (χ3n) is 5.28. The Hall–Kier alpha value is -2.79. The molecule has 0 radical (unpaired) electrons. The molecule has 2 aromatic heterocycles. The SMILES string of the molecule is COc1cc(NC(=O)CSc2nc3nc(N4CCCC4)sc3c(=O)n2C(C)C)cc(OC)c1. The van der Waals surface area contributed by atoms with Crippen molar-refractivity contribution < 1.29 is 14.3 Å². The minimum absolute atomic E-state index is 0.0906. The van der Waals surface area contributed by atoms with Crippen molar-refractivity contribution in [3.63, 3.8) is 0 Å². The van der Waals surface area contributed by atoms with E-state index in [1.54, 1.807) is 37.0 Å². The van der Waals surface area contributed by atoms with E-state index in [0.29, 0.717) is 32.7 Å². The Balaban J connectivity index is 1.55. The van der Waals surface area contributed by atoms with Crippen molar-refractivity contribution in [2.24, 2.45) is 0 Å². The summed E-state index contributed by atoms with van der Waals surface area (Å²) in [4.78, 5) is 37.4. The summed E-state index contributed by atoms with van der Waals surface area (Å²) in [5.74, 6) is 1.02. The van der Waals surface area contributed by atoms with E-state index in [4.69, 9.17) is 9.47 Å². The molecule has 9 nitrogen and oxygen atoms in total. The van der Waals surface area contributed by atoms with Crippen LogP contribution in [0, 0.1) is 0 Å². The third-order valence-corrected chi connectivity index (χ3v) is 7.33. The summed E-state index contributed by atoms with van der Waals surface area (Å²) in [7, 11) is 3.10. The zero-order chi connectivity index (χ0) is 23.5. The van der Waals surface area contributed by atoms with E-state index in [2.05, 4.69) is 20.2 Å². The fraction of sp³-hybridized carbons (Fsp3) is 0.455. The van der Waals surface area contributed by atoms with Crippen molar-refractivity contribution in [1.82, 2.24) is 14.5 Å². The molecule has 1 aliphatic rings.